The first-order valence-electron chi connectivity index (χ1n) is 3.44. The van der Waals surface area contributed by atoms with E-state index in [1.807, 2.05) is 6.92 Å². The zero-order valence-electron chi connectivity index (χ0n) is 6.97. The van der Waals surface area contributed by atoms with Gasteiger partial charge in [-0.1, -0.05) is 5.10 Å². The van der Waals surface area contributed by atoms with Gasteiger partial charge in [0.2, 0.25) is 5.95 Å². The Hall–Kier alpha value is -0.980. The van der Waals surface area contributed by atoms with Crippen molar-refractivity contribution in [3.63, 3.8) is 0 Å². The van der Waals surface area contributed by atoms with Crippen molar-refractivity contribution >= 4 is 16.7 Å². The molecule has 2 atom stereocenters. The first kappa shape index (κ1) is 9.11. The van der Waals surface area contributed by atoms with E-state index in [1.54, 1.807) is 6.26 Å². The standard InChI is InChI=1S/C5H11N5OS/c1-4(3-12(2)11)10-5(6)7-8-9-10/h4H,3H2,1-2H3,(H2,6,7,9). The second-order valence-electron chi connectivity index (χ2n) is 2.57. The summed E-state index contributed by atoms with van der Waals surface area (Å²) in [5, 5.41) is 10.6. The van der Waals surface area contributed by atoms with Crippen LogP contribution in [-0.2, 0) is 10.8 Å². The lowest BCUT2D eigenvalue weighted by Crippen LogP contribution is -2.16. The summed E-state index contributed by atoms with van der Waals surface area (Å²) in [5.74, 6) is 0.767. The molecule has 0 radical (unpaired) electrons. The van der Waals surface area contributed by atoms with E-state index in [-0.39, 0.29) is 12.0 Å². The lowest BCUT2D eigenvalue weighted by atomic mass is 10.4. The van der Waals surface area contributed by atoms with Crippen LogP contribution in [-0.4, -0.2) is 36.4 Å². The third-order valence-corrected chi connectivity index (χ3v) is 2.36. The lowest BCUT2D eigenvalue weighted by Gasteiger charge is -2.08. The maximum Gasteiger partial charge on any atom is 0.240 e. The molecule has 2 N–H and O–H groups in total. The minimum Gasteiger partial charge on any atom is -0.367 e. The number of anilines is 1. The highest BCUT2D eigenvalue weighted by Gasteiger charge is 2.11. The fraction of sp³-hybridized carbons (Fsp3) is 0.800. The van der Waals surface area contributed by atoms with Crippen LogP contribution in [0.1, 0.15) is 13.0 Å². The number of nitrogen functional groups attached to an aromatic ring is 1. The second kappa shape index (κ2) is 3.61. The van der Waals surface area contributed by atoms with Gasteiger partial charge in [0.1, 0.15) is 0 Å². The normalized spacial score (nSPS) is 15.8. The average molecular weight is 189 g/mol. The summed E-state index contributed by atoms with van der Waals surface area (Å²) < 4.78 is 12.3. The number of tetrazole rings is 1. The molecule has 0 saturated heterocycles. The minimum atomic E-state index is -0.860. The number of hydrogen-bond donors (Lipinski definition) is 1. The van der Waals surface area contributed by atoms with Gasteiger partial charge in [-0.25, -0.2) is 4.68 Å². The van der Waals surface area contributed by atoms with Crippen LogP contribution in [0.5, 0.6) is 0 Å². The van der Waals surface area contributed by atoms with Crippen molar-refractivity contribution in [3.8, 4) is 0 Å². The molecular weight excluding hydrogens is 178 g/mol. The van der Waals surface area contributed by atoms with E-state index in [4.69, 9.17) is 5.73 Å². The van der Waals surface area contributed by atoms with Crippen LogP contribution in [0.2, 0.25) is 0 Å². The van der Waals surface area contributed by atoms with Crippen LogP contribution >= 0.6 is 0 Å². The minimum absolute atomic E-state index is 0.0224. The zero-order valence-corrected chi connectivity index (χ0v) is 7.78. The first-order chi connectivity index (χ1) is 5.61. The topological polar surface area (TPSA) is 86.7 Å². The van der Waals surface area contributed by atoms with E-state index >= 15 is 0 Å². The van der Waals surface area contributed by atoms with Gasteiger partial charge in [0.15, 0.2) is 0 Å². The van der Waals surface area contributed by atoms with Gasteiger partial charge < -0.3 is 5.73 Å². The molecule has 0 amide bonds. The monoisotopic (exact) mass is 189 g/mol. The molecule has 0 aliphatic heterocycles. The summed E-state index contributed by atoms with van der Waals surface area (Å²) in [4.78, 5) is 0. The highest BCUT2D eigenvalue weighted by molar-refractivity contribution is 7.84. The molecule has 0 aliphatic carbocycles. The van der Waals surface area contributed by atoms with Gasteiger partial charge >= 0.3 is 0 Å². The maximum absolute atomic E-state index is 10.8. The average Bonchev–Trinajstić information content (AvgIpc) is 2.33. The lowest BCUT2D eigenvalue weighted by molar-refractivity contribution is 0.523. The molecule has 1 aromatic heterocycles. The van der Waals surface area contributed by atoms with Crippen molar-refractivity contribution in [1.29, 1.82) is 0 Å². The van der Waals surface area contributed by atoms with Crippen LogP contribution in [0.25, 0.3) is 0 Å². The van der Waals surface area contributed by atoms with E-state index in [0.29, 0.717) is 5.75 Å². The molecule has 2 unspecified atom stereocenters. The van der Waals surface area contributed by atoms with Crippen molar-refractivity contribution in [3.05, 3.63) is 0 Å². The molecule has 12 heavy (non-hydrogen) atoms. The molecule has 0 bridgehead atoms. The molecule has 0 saturated carbocycles. The van der Waals surface area contributed by atoms with Crippen molar-refractivity contribution in [2.45, 2.75) is 13.0 Å². The van der Waals surface area contributed by atoms with Gasteiger partial charge in [-0.05, 0) is 17.4 Å². The van der Waals surface area contributed by atoms with Crippen LogP contribution in [0.15, 0.2) is 0 Å². The second-order valence-corrected chi connectivity index (χ2v) is 4.05. The van der Waals surface area contributed by atoms with E-state index in [2.05, 4.69) is 15.5 Å². The Morgan fingerprint density at radius 2 is 2.42 bits per heavy atom. The van der Waals surface area contributed by atoms with Crippen LogP contribution in [0.3, 0.4) is 0 Å². The van der Waals surface area contributed by atoms with E-state index < -0.39 is 10.8 Å². The largest absolute Gasteiger partial charge is 0.367 e. The molecule has 0 spiro atoms. The Morgan fingerprint density at radius 3 is 2.83 bits per heavy atom. The van der Waals surface area contributed by atoms with E-state index in [1.165, 1.54) is 4.68 Å². The SMILES string of the molecule is CC(CS(C)=O)n1nnnc1N. The predicted molar refractivity (Wildman–Crippen MR) is 45.9 cm³/mol. The summed E-state index contributed by atoms with van der Waals surface area (Å²) in [5.41, 5.74) is 5.45. The zero-order chi connectivity index (χ0) is 9.14. The van der Waals surface area contributed by atoms with Gasteiger partial charge in [-0.2, -0.15) is 0 Å². The van der Waals surface area contributed by atoms with Gasteiger partial charge in [-0.15, -0.1) is 0 Å². The molecule has 0 aromatic carbocycles. The molecule has 0 aliphatic rings. The molecule has 68 valence electrons. The smallest absolute Gasteiger partial charge is 0.240 e. The van der Waals surface area contributed by atoms with Crippen LogP contribution in [0, 0.1) is 0 Å². The molecule has 1 rings (SSSR count). The summed E-state index contributed by atoms with van der Waals surface area (Å²) in [6.07, 6.45) is 1.64. The summed E-state index contributed by atoms with van der Waals surface area (Å²) >= 11 is 0. The van der Waals surface area contributed by atoms with E-state index in [9.17, 15) is 4.21 Å². The van der Waals surface area contributed by atoms with Gasteiger partial charge in [0.05, 0.1) is 6.04 Å². The quantitative estimate of drug-likeness (QED) is 0.672. The summed E-state index contributed by atoms with van der Waals surface area (Å²) in [6.45, 7) is 1.87. The first-order valence-corrected chi connectivity index (χ1v) is 5.17. The maximum atomic E-state index is 10.8. The van der Waals surface area contributed by atoms with Gasteiger partial charge in [0.25, 0.3) is 0 Å². The Bertz CT molecular complexity index is 285. The summed E-state index contributed by atoms with van der Waals surface area (Å²) in [6, 6.07) is -0.0224. The predicted octanol–water partition coefficient (Wildman–Crippen LogP) is -0.805. The van der Waals surface area contributed by atoms with Crippen LogP contribution in [0.4, 0.5) is 5.95 Å². The van der Waals surface area contributed by atoms with Gasteiger partial charge in [-0.3, -0.25) is 4.21 Å². The van der Waals surface area contributed by atoms with E-state index in [0.717, 1.165) is 0 Å². The molecule has 6 nitrogen and oxygen atoms in total. The number of rotatable bonds is 3. The third kappa shape index (κ3) is 2.00. The number of nitrogens with zero attached hydrogens (tertiary/aromatic N) is 4. The molecule has 1 aromatic rings. The van der Waals surface area contributed by atoms with Crippen molar-refractivity contribution < 1.29 is 4.21 Å². The summed E-state index contributed by atoms with van der Waals surface area (Å²) in [7, 11) is -0.860. The fourth-order valence-corrected chi connectivity index (χ4v) is 1.75. The number of aromatic nitrogens is 4. The number of nitrogens with two attached hydrogens (primary N) is 1. The van der Waals surface area contributed by atoms with Crippen molar-refractivity contribution in [2.24, 2.45) is 0 Å². The molecule has 0 fully saturated rings. The molecular formula is C5H11N5OS. The Labute approximate surface area is 72.6 Å². The molecule has 1 heterocycles. The third-order valence-electron chi connectivity index (χ3n) is 1.41. The highest BCUT2D eigenvalue weighted by atomic mass is 32.2. The van der Waals surface area contributed by atoms with Gasteiger partial charge in [0, 0.05) is 22.8 Å². The van der Waals surface area contributed by atoms with Crippen molar-refractivity contribution in [2.75, 3.05) is 17.7 Å². The Kier molecular flexibility index (Phi) is 2.74. The van der Waals surface area contributed by atoms with Crippen molar-refractivity contribution in [1.82, 2.24) is 20.2 Å². The number of hydrogen-bond acceptors (Lipinski definition) is 5. The Balaban J connectivity index is 2.71. The Morgan fingerprint density at radius 1 is 1.75 bits per heavy atom. The highest BCUT2D eigenvalue weighted by Crippen LogP contribution is 2.07. The fourth-order valence-electron chi connectivity index (χ4n) is 0.925. The van der Waals surface area contributed by atoms with Crippen LogP contribution < -0.4 is 5.73 Å². The molecule has 7 heteroatoms.